The largest absolute Gasteiger partial charge is 0.481 e. The molecule has 1 amide bonds. The molecule has 2 aliphatic heterocycles. The van der Waals surface area contributed by atoms with Gasteiger partial charge in [0, 0.05) is 32.1 Å². The maximum absolute atomic E-state index is 12.0. The van der Waals surface area contributed by atoms with Crippen LogP contribution in [0.15, 0.2) is 24.3 Å². The Hall–Kier alpha value is -2.08. The van der Waals surface area contributed by atoms with Crippen molar-refractivity contribution >= 4 is 12.1 Å². The van der Waals surface area contributed by atoms with E-state index in [0.717, 1.165) is 19.5 Å². The highest BCUT2D eigenvalue weighted by Gasteiger charge is 2.34. The quantitative estimate of drug-likeness (QED) is 0.894. The molecule has 6 nitrogen and oxygen atoms in total. The van der Waals surface area contributed by atoms with E-state index in [-0.39, 0.29) is 12.0 Å². The van der Waals surface area contributed by atoms with E-state index in [0.29, 0.717) is 25.6 Å². The Morgan fingerprint density at radius 3 is 2.35 bits per heavy atom. The number of ether oxygens (including phenoxy) is 1. The Morgan fingerprint density at radius 2 is 1.81 bits per heavy atom. The average molecular weight is 360 g/mol. The van der Waals surface area contributed by atoms with E-state index in [1.165, 1.54) is 11.1 Å². The van der Waals surface area contributed by atoms with Crippen LogP contribution in [0.25, 0.3) is 0 Å². The number of benzene rings is 1. The van der Waals surface area contributed by atoms with Crippen LogP contribution in [0.1, 0.15) is 44.2 Å². The fourth-order valence-electron chi connectivity index (χ4n) is 3.50. The molecular formula is C20H28N2O4. The van der Waals surface area contributed by atoms with Crippen LogP contribution in [-0.4, -0.2) is 58.7 Å². The second-order valence-corrected chi connectivity index (χ2v) is 8.38. The topological polar surface area (TPSA) is 70.1 Å². The van der Waals surface area contributed by atoms with Crippen LogP contribution >= 0.6 is 0 Å². The van der Waals surface area contributed by atoms with Crippen LogP contribution < -0.4 is 0 Å². The van der Waals surface area contributed by atoms with E-state index in [9.17, 15) is 9.59 Å². The smallest absolute Gasteiger partial charge is 0.410 e. The van der Waals surface area contributed by atoms with Gasteiger partial charge in [-0.1, -0.05) is 24.3 Å². The standard InChI is InChI=1S/C20H28N2O4/c1-20(2,3)26-19(25)22-12-17(13-22)15-6-4-14(5-7-15)10-21-9-8-16(11-21)18(23)24/h4-7,16-17H,8-13H2,1-3H3,(H,23,24)/t16-/m1/s1. The number of hydrogen-bond acceptors (Lipinski definition) is 4. The van der Waals surface area contributed by atoms with Crippen molar-refractivity contribution in [1.29, 1.82) is 0 Å². The third-order valence-corrected chi connectivity index (χ3v) is 5.01. The van der Waals surface area contributed by atoms with E-state index in [4.69, 9.17) is 9.84 Å². The molecule has 0 aliphatic carbocycles. The predicted octanol–water partition coefficient (Wildman–Crippen LogP) is 2.93. The van der Waals surface area contributed by atoms with Gasteiger partial charge in [0.1, 0.15) is 5.60 Å². The summed E-state index contributed by atoms with van der Waals surface area (Å²) in [5.74, 6) is -0.565. The number of amides is 1. The molecule has 0 radical (unpaired) electrons. The SMILES string of the molecule is CC(C)(C)OC(=O)N1CC(c2ccc(CN3CC[C@@H](C(=O)O)C3)cc2)C1. The number of nitrogens with zero attached hydrogens (tertiary/aromatic N) is 2. The zero-order valence-electron chi connectivity index (χ0n) is 15.8. The molecule has 1 atom stereocenters. The van der Waals surface area contributed by atoms with Gasteiger partial charge in [0.05, 0.1) is 5.92 Å². The summed E-state index contributed by atoms with van der Waals surface area (Å²) in [5.41, 5.74) is 1.97. The number of carbonyl (C=O) groups excluding carboxylic acids is 1. The van der Waals surface area contributed by atoms with Crippen molar-refractivity contribution < 1.29 is 19.4 Å². The highest BCUT2D eigenvalue weighted by atomic mass is 16.6. The maximum atomic E-state index is 12.0. The summed E-state index contributed by atoms with van der Waals surface area (Å²) in [4.78, 5) is 27.0. The number of rotatable bonds is 4. The Morgan fingerprint density at radius 1 is 1.15 bits per heavy atom. The monoisotopic (exact) mass is 360 g/mol. The van der Waals surface area contributed by atoms with Crippen molar-refractivity contribution in [2.24, 2.45) is 5.92 Å². The van der Waals surface area contributed by atoms with Crippen molar-refractivity contribution in [2.45, 2.75) is 45.3 Å². The molecule has 26 heavy (non-hydrogen) atoms. The second kappa shape index (κ2) is 7.27. The van der Waals surface area contributed by atoms with Gasteiger partial charge >= 0.3 is 12.1 Å². The summed E-state index contributed by atoms with van der Waals surface area (Å²) in [5, 5.41) is 9.09. The maximum Gasteiger partial charge on any atom is 0.410 e. The molecule has 6 heteroatoms. The van der Waals surface area contributed by atoms with E-state index in [2.05, 4.69) is 29.2 Å². The summed E-state index contributed by atoms with van der Waals surface area (Å²) >= 11 is 0. The highest BCUT2D eigenvalue weighted by Crippen LogP contribution is 2.29. The minimum Gasteiger partial charge on any atom is -0.481 e. The first-order valence-electron chi connectivity index (χ1n) is 9.23. The Balaban J connectivity index is 1.47. The van der Waals surface area contributed by atoms with E-state index >= 15 is 0 Å². The van der Waals surface area contributed by atoms with Gasteiger partial charge in [-0.2, -0.15) is 0 Å². The summed E-state index contributed by atoms with van der Waals surface area (Å²) in [7, 11) is 0. The van der Waals surface area contributed by atoms with Gasteiger partial charge in [-0.15, -0.1) is 0 Å². The molecule has 3 rings (SSSR count). The fraction of sp³-hybridized carbons (Fsp3) is 0.600. The molecule has 0 bridgehead atoms. The molecule has 1 aromatic rings. The molecule has 2 aliphatic rings. The van der Waals surface area contributed by atoms with Gasteiger partial charge in [0.25, 0.3) is 0 Å². The second-order valence-electron chi connectivity index (χ2n) is 8.38. The number of carbonyl (C=O) groups is 2. The number of carboxylic acid groups (broad SMARTS) is 1. The van der Waals surface area contributed by atoms with Crippen molar-refractivity contribution in [2.75, 3.05) is 26.2 Å². The van der Waals surface area contributed by atoms with Crippen molar-refractivity contribution in [3.63, 3.8) is 0 Å². The molecule has 1 aromatic carbocycles. The van der Waals surface area contributed by atoms with E-state index in [1.54, 1.807) is 4.90 Å². The lowest BCUT2D eigenvalue weighted by Crippen LogP contribution is -2.50. The molecule has 2 fully saturated rings. The lowest BCUT2D eigenvalue weighted by molar-refractivity contribution is -0.141. The summed E-state index contributed by atoms with van der Waals surface area (Å²) in [6.45, 7) is 9.27. The highest BCUT2D eigenvalue weighted by molar-refractivity contribution is 5.70. The van der Waals surface area contributed by atoms with Crippen molar-refractivity contribution in [3.05, 3.63) is 35.4 Å². The van der Waals surface area contributed by atoms with Gasteiger partial charge < -0.3 is 14.7 Å². The summed E-state index contributed by atoms with van der Waals surface area (Å²) in [6.07, 6.45) is 0.489. The zero-order valence-corrected chi connectivity index (χ0v) is 15.8. The zero-order chi connectivity index (χ0) is 18.9. The third-order valence-electron chi connectivity index (χ3n) is 5.01. The van der Waals surface area contributed by atoms with Crippen molar-refractivity contribution in [3.8, 4) is 0 Å². The molecular weight excluding hydrogens is 332 g/mol. The Kier molecular flexibility index (Phi) is 5.23. The first kappa shape index (κ1) is 18.7. The molecule has 2 heterocycles. The lowest BCUT2D eigenvalue weighted by Gasteiger charge is -2.40. The van der Waals surface area contributed by atoms with Crippen LogP contribution in [-0.2, 0) is 16.1 Å². The van der Waals surface area contributed by atoms with Crippen LogP contribution in [0, 0.1) is 5.92 Å². The Labute approximate surface area is 154 Å². The minimum atomic E-state index is -0.692. The van der Waals surface area contributed by atoms with Gasteiger partial charge in [0.15, 0.2) is 0 Å². The van der Waals surface area contributed by atoms with Crippen molar-refractivity contribution in [1.82, 2.24) is 9.80 Å². The summed E-state index contributed by atoms with van der Waals surface area (Å²) < 4.78 is 5.38. The van der Waals surface area contributed by atoms with Gasteiger partial charge in [-0.05, 0) is 44.9 Å². The lowest BCUT2D eigenvalue weighted by atomic mass is 9.91. The molecule has 1 N–H and O–H groups in total. The predicted molar refractivity (Wildman–Crippen MR) is 98.0 cm³/mol. The third kappa shape index (κ3) is 4.55. The average Bonchev–Trinajstić information content (AvgIpc) is 2.94. The van der Waals surface area contributed by atoms with Crippen LogP contribution in [0.5, 0.6) is 0 Å². The van der Waals surface area contributed by atoms with E-state index in [1.807, 2.05) is 20.8 Å². The molecule has 0 aromatic heterocycles. The van der Waals surface area contributed by atoms with Crippen LogP contribution in [0.4, 0.5) is 4.79 Å². The molecule has 0 saturated carbocycles. The van der Waals surface area contributed by atoms with Crippen LogP contribution in [0.3, 0.4) is 0 Å². The number of likely N-dealkylation sites (tertiary alicyclic amines) is 2. The summed E-state index contributed by atoms with van der Waals surface area (Å²) in [6, 6.07) is 8.47. The normalized spacial score (nSPS) is 21.5. The fourth-order valence-corrected chi connectivity index (χ4v) is 3.50. The van der Waals surface area contributed by atoms with Gasteiger partial charge in [-0.25, -0.2) is 4.79 Å². The molecule has 0 unspecified atom stereocenters. The molecule has 142 valence electrons. The van der Waals surface area contributed by atoms with Gasteiger partial charge in [-0.3, -0.25) is 9.69 Å². The first-order chi connectivity index (χ1) is 12.2. The minimum absolute atomic E-state index is 0.233. The first-order valence-corrected chi connectivity index (χ1v) is 9.23. The van der Waals surface area contributed by atoms with Gasteiger partial charge in [0.2, 0.25) is 0 Å². The number of hydrogen-bond donors (Lipinski definition) is 1. The number of aliphatic carboxylic acids is 1. The van der Waals surface area contributed by atoms with E-state index < -0.39 is 11.6 Å². The molecule has 0 spiro atoms. The van der Waals surface area contributed by atoms with Crippen LogP contribution in [0.2, 0.25) is 0 Å². The molecule has 2 saturated heterocycles. The number of carboxylic acids is 1. The Bertz CT molecular complexity index is 659.